The van der Waals surface area contributed by atoms with Gasteiger partial charge in [0, 0.05) is 18.5 Å². The van der Waals surface area contributed by atoms with Gasteiger partial charge in [0.2, 0.25) is 0 Å². The van der Waals surface area contributed by atoms with E-state index in [0.717, 1.165) is 0 Å². The molecule has 0 spiro atoms. The lowest BCUT2D eigenvalue weighted by molar-refractivity contribution is -0.136. The second-order valence-corrected chi connectivity index (χ2v) is 4.10. The van der Waals surface area contributed by atoms with Gasteiger partial charge in [0.25, 0.3) is 0 Å². The summed E-state index contributed by atoms with van der Waals surface area (Å²) in [5, 5.41) is 2.88. The minimum absolute atomic E-state index is 0.221. The fraction of sp³-hybridized carbons (Fsp3) is 0.600. The molecular formula is C10H13ClF3N3. The lowest BCUT2D eigenvalue weighted by atomic mass is 10.2. The van der Waals surface area contributed by atoms with Gasteiger partial charge in [-0.2, -0.15) is 13.2 Å². The van der Waals surface area contributed by atoms with Crippen molar-refractivity contribution in [3.63, 3.8) is 0 Å². The molecule has 1 unspecified atom stereocenters. The van der Waals surface area contributed by atoms with Crippen molar-refractivity contribution in [1.82, 2.24) is 9.97 Å². The highest BCUT2D eigenvalue weighted by molar-refractivity contribution is 6.29. The summed E-state index contributed by atoms with van der Waals surface area (Å²) in [4.78, 5) is 7.97. The number of aryl methyl sites for hydroxylation is 1. The Morgan fingerprint density at radius 1 is 1.41 bits per heavy atom. The summed E-state index contributed by atoms with van der Waals surface area (Å²) in [6.45, 7) is 3.28. The van der Waals surface area contributed by atoms with E-state index in [2.05, 4.69) is 15.3 Å². The van der Waals surface area contributed by atoms with E-state index >= 15 is 0 Å². The Morgan fingerprint density at radius 2 is 2.06 bits per heavy atom. The Bertz CT molecular complexity index is 382. The number of aromatic nitrogens is 2. The summed E-state index contributed by atoms with van der Waals surface area (Å²) < 4.78 is 36.4. The molecule has 0 aliphatic rings. The monoisotopic (exact) mass is 267 g/mol. The van der Waals surface area contributed by atoms with Crippen molar-refractivity contribution < 1.29 is 13.2 Å². The summed E-state index contributed by atoms with van der Waals surface area (Å²) in [7, 11) is 0. The van der Waals surface area contributed by atoms with Gasteiger partial charge in [-0.3, -0.25) is 0 Å². The lowest BCUT2D eigenvalue weighted by Gasteiger charge is -2.16. The molecule has 0 fully saturated rings. The Hall–Kier alpha value is -1.04. The van der Waals surface area contributed by atoms with E-state index in [1.165, 1.54) is 13.0 Å². The predicted octanol–water partition coefficient (Wildman–Crippen LogP) is 3.45. The van der Waals surface area contributed by atoms with E-state index in [-0.39, 0.29) is 5.15 Å². The van der Waals surface area contributed by atoms with Crippen molar-refractivity contribution in [3.05, 3.63) is 17.0 Å². The highest BCUT2D eigenvalue weighted by Gasteiger charge is 2.30. The minimum Gasteiger partial charge on any atom is -0.367 e. The standard InChI is InChI=1S/C10H13ClF3N3/c1-3-8-16-7(11)4-9(17-8)15-6(2)5-10(12,13)14/h4,6H,3,5H2,1-2H3,(H,15,16,17). The number of hydrogen-bond acceptors (Lipinski definition) is 3. The molecule has 1 rings (SSSR count). The van der Waals surface area contributed by atoms with Gasteiger partial charge in [0.1, 0.15) is 16.8 Å². The third-order valence-electron chi connectivity index (χ3n) is 1.99. The van der Waals surface area contributed by atoms with Crippen LogP contribution in [0.2, 0.25) is 5.15 Å². The first-order chi connectivity index (χ1) is 7.80. The van der Waals surface area contributed by atoms with Gasteiger partial charge in [-0.15, -0.1) is 0 Å². The third kappa shape index (κ3) is 5.21. The zero-order chi connectivity index (χ0) is 13.1. The molecule has 0 radical (unpaired) electrons. The van der Waals surface area contributed by atoms with E-state index in [1.54, 1.807) is 0 Å². The molecule has 96 valence electrons. The van der Waals surface area contributed by atoms with Crippen LogP contribution in [0.5, 0.6) is 0 Å². The van der Waals surface area contributed by atoms with Gasteiger partial charge in [0.15, 0.2) is 0 Å². The van der Waals surface area contributed by atoms with Crippen molar-refractivity contribution in [2.24, 2.45) is 0 Å². The number of rotatable bonds is 4. The largest absolute Gasteiger partial charge is 0.391 e. The Morgan fingerprint density at radius 3 is 2.59 bits per heavy atom. The van der Waals surface area contributed by atoms with Crippen LogP contribution in [0.3, 0.4) is 0 Å². The molecule has 1 N–H and O–H groups in total. The molecule has 7 heteroatoms. The number of hydrogen-bond donors (Lipinski definition) is 1. The van der Waals surface area contributed by atoms with Gasteiger partial charge in [-0.1, -0.05) is 18.5 Å². The van der Waals surface area contributed by atoms with Crippen LogP contribution < -0.4 is 5.32 Å². The summed E-state index contributed by atoms with van der Waals surface area (Å²) in [5.74, 6) is 0.817. The van der Waals surface area contributed by atoms with Crippen LogP contribution in [0.25, 0.3) is 0 Å². The van der Waals surface area contributed by atoms with Crippen LogP contribution in [0, 0.1) is 0 Å². The molecule has 1 aromatic rings. The third-order valence-corrected chi connectivity index (χ3v) is 2.18. The van der Waals surface area contributed by atoms with Crippen LogP contribution in [0.15, 0.2) is 6.07 Å². The van der Waals surface area contributed by atoms with Crippen LogP contribution in [0.1, 0.15) is 26.1 Å². The lowest BCUT2D eigenvalue weighted by Crippen LogP contribution is -2.24. The van der Waals surface area contributed by atoms with E-state index < -0.39 is 18.6 Å². The number of anilines is 1. The summed E-state index contributed by atoms with van der Waals surface area (Å²) in [6, 6.07) is 0.652. The maximum Gasteiger partial charge on any atom is 0.391 e. The first-order valence-corrected chi connectivity index (χ1v) is 5.54. The zero-order valence-electron chi connectivity index (χ0n) is 9.48. The minimum atomic E-state index is -4.20. The molecular weight excluding hydrogens is 255 g/mol. The molecule has 1 atom stereocenters. The molecule has 1 aromatic heterocycles. The Kier molecular flexibility index (Phi) is 4.56. The summed E-state index contributed by atoms with van der Waals surface area (Å²) >= 11 is 5.73. The van der Waals surface area contributed by atoms with E-state index in [9.17, 15) is 13.2 Å². The van der Waals surface area contributed by atoms with Gasteiger partial charge < -0.3 is 5.32 Å². The number of halogens is 4. The fourth-order valence-electron chi connectivity index (χ4n) is 1.35. The summed E-state index contributed by atoms with van der Waals surface area (Å²) in [5.41, 5.74) is 0. The van der Waals surface area contributed by atoms with Crippen LogP contribution in [-0.4, -0.2) is 22.2 Å². The smallest absolute Gasteiger partial charge is 0.367 e. The maximum atomic E-state index is 12.1. The van der Waals surface area contributed by atoms with E-state index in [1.807, 2.05) is 6.92 Å². The number of nitrogens with zero attached hydrogens (tertiary/aromatic N) is 2. The topological polar surface area (TPSA) is 37.8 Å². The summed E-state index contributed by atoms with van der Waals surface area (Å²) in [6.07, 6.45) is -4.55. The first-order valence-electron chi connectivity index (χ1n) is 5.17. The molecule has 0 amide bonds. The zero-order valence-corrected chi connectivity index (χ0v) is 10.2. The van der Waals surface area contributed by atoms with Gasteiger partial charge in [-0.05, 0) is 6.92 Å². The Labute approximate surface area is 102 Å². The highest BCUT2D eigenvalue weighted by Crippen LogP contribution is 2.23. The van der Waals surface area contributed by atoms with Gasteiger partial charge in [0.05, 0.1) is 6.42 Å². The number of alkyl halides is 3. The van der Waals surface area contributed by atoms with E-state index in [0.29, 0.717) is 18.1 Å². The van der Waals surface area contributed by atoms with Gasteiger partial charge >= 0.3 is 6.18 Å². The normalized spacial score (nSPS) is 13.5. The Balaban J connectivity index is 2.71. The molecule has 1 heterocycles. The van der Waals surface area contributed by atoms with Crippen LogP contribution >= 0.6 is 11.6 Å². The fourth-order valence-corrected chi connectivity index (χ4v) is 1.55. The molecule has 0 bridgehead atoms. The molecule has 0 aliphatic carbocycles. The maximum absolute atomic E-state index is 12.1. The molecule has 0 saturated heterocycles. The average molecular weight is 268 g/mol. The molecule has 0 aliphatic heterocycles. The van der Waals surface area contributed by atoms with Crippen molar-refractivity contribution in [2.45, 2.75) is 38.9 Å². The quantitative estimate of drug-likeness (QED) is 0.849. The first kappa shape index (κ1) is 14.0. The van der Waals surface area contributed by atoms with Crippen LogP contribution in [-0.2, 0) is 6.42 Å². The highest BCUT2D eigenvalue weighted by atomic mass is 35.5. The van der Waals surface area contributed by atoms with E-state index in [4.69, 9.17) is 11.6 Å². The SMILES string of the molecule is CCc1nc(Cl)cc(NC(C)CC(F)(F)F)n1. The molecule has 0 aromatic carbocycles. The second kappa shape index (κ2) is 5.53. The average Bonchev–Trinajstić information content (AvgIpc) is 2.13. The predicted molar refractivity (Wildman–Crippen MR) is 60.2 cm³/mol. The van der Waals surface area contributed by atoms with Gasteiger partial charge in [-0.25, -0.2) is 9.97 Å². The van der Waals surface area contributed by atoms with Crippen molar-refractivity contribution in [2.75, 3.05) is 5.32 Å². The molecule has 17 heavy (non-hydrogen) atoms. The van der Waals surface area contributed by atoms with Crippen molar-refractivity contribution >= 4 is 17.4 Å². The molecule has 0 saturated carbocycles. The second-order valence-electron chi connectivity index (χ2n) is 3.71. The van der Waals surface area contributed by atoms with Crippen molar-refractivity contribution in [1.29, 1.82) is 0 Å². The number of nitrogens with one attached hydrogen (secondary N) is 1. The molecule has 3 nitrogen and oxygen atoms in total. The van der Waals surface area contributed by atoms with Crippen molar-refractivity contribution in [3.8, 4) is 0 Å². The van der Waals surface area contributed by atoms with Crippen LogP contribution in [0.4, 0.5) is 19.0 Å².